The van der Waals surface area contributed by atoms with Crippen molar-refractivity contribution in [1.82, 2.24) is 0 Å². The number of aliphatic carboxylic acids is 1. The van der Waals surface area contributed by atoms with Gasteiger partial charge in [0, 0.05) is 4.47 Å². The number of hydrogen-bond acceptors (Lipinski definition) is 1. The molecule has 3 heteroatoms. The Bertz CT molecular complexity index is 1180. The molecule has 0 unspecified atom stereocenters. The molecule has 1 N–H and O–H groups in total. The molecule has 0 amide bonds. The molecule has 3 aromatic rings. The number of carboxylic acids is 1. The van der Waals surface area contributed by atoms with E-state index in [0.29, 0.717) is 5.56 Å². The van der Waals surface area contributed by atoms with Gasteiger partial charge in [-0.05, 0) is 81.0 Å². The fraction of sp³-hybridized carbons (Fsp3) is 0.296. The minimum Gasteiger partial charge on any atom is -0.478 e. The van der Waals surface area contributed by atoms with E-state index in [-0.39, 0.29) is 16.4 Å². The van der Waals surface area contributed by atoms with E-state index in [1.165, 1.54) is 29.4 Å². The quantitative estimate of drug-likeness (QED) is 0.321. The van der Waals surface area contributed by atoms with E-state index in [0.717, 1.165) is 15.4 Å². The van der Waals surface area contributed by atoms with E-state index in [1.807, 2.05) is 30.3 Å². The predicted molar refractivity (Wildman–Crippen MR) is 129 cm³/mol. The summed E-state index contributed by atoms with van der Waals surface area (Å²) in [6, 6.07) is 18.3. The van der Waals surface area contributed by atoms with Crippen molar-refractivity contribution in [2.24, 2.45) is 0 Å². The summed E-state index contributed by atoms with van der Waals surface area (Å²) >= 11 is 3.43. The Morgan fingerprint density at radius 3 is 2.13 bits per heavy atom. The van der Waals surface area contributed by atoms with Gasteiger partial charge in [-0.15, -0.1) is 0 Å². The van der Waals surface area contributed by atoms with E-state index in [1.54, 1.807) is 6.08 Å². The molecule has 3 aromatic carbocycles. The lowest BCUT2D eigenvalue weighted by Gasteiger charge is -2.42. The molecule has 0 radical (unpaired) electrons. The van der Waals surface area contributed by atoms with E-state index in [4.69, 9.17) is 0 Å². The summed E-state index contributed by atoms with van der Waals surface area (Å²) in [6.45, 7) is 9.32. The van der Waals surface area contributed by atoms with Crippen molar-refractivity contribution in [3.63, 3.8) is 0 Å². The third-order valence-corrected chi connectivity index (χ3v) is 7.00. The lowest BCUT2D eigenvalue weighted by Crippen LogP contribution is -2.33. The number of benzene rings is 3. The van der Waals surface area contributed by atoms with Gasteiger partial charge in [0.15, 0.2) is 0 Å². The van der Waals surface area contributed by atoms with Crippen molar-refractivity contribution in [2.45, 2.75) is 51.4 Å². The Balaban J connectivity index is 1.86. The molecular formula is C27H27BrO2. The van der Waals surface area contributed by atoms with Crippen molar-refractivity contribution in [3.8, 4) is 0 Å². The van der Waals surface area contributed by atoms with Crippen LogP contribution in [0.2, 0.25) is 0 Å². The molecule has 0 aromatic heterocycles. The maximum absolute atomic E-state index is 11.9. The Morgan fingerprint density at radius 2 is 1.53 bits per heavy atom. The summed E-state index contributed by atoms with van der Waals surface area (Å²) in [4.78, 5) is 11.9. The number of halogens is 1. The van der Waals surface area contributed by atoms with E-state index in [2.05, 4.69) is 67.9 Å². The van der Waals surface area contributed by atoms with Crippen LogP contribution in [0.3, 0.4) is 0 Å². The highest BCUT2D eigenvalue weighted by Gasteiger charge is 2.37. The standard InChI is InChI=1S/C27H27BrO2/c1-26(2)10-11-27(3,4)24-16-20-12-17(8-9-18(20)15-23(24)26)13-22(25(29)30)19-6-5-7-21(28)14-19/h5-9,12-16H,10-11H2,1-4H3,(H,29,30). The number of fused-ring (bicyclic) bond motifs is 2. The van der Waals surface area contributed by atoms with Gasteiger partial charge in [-0.1, -0.05) is 80.0 Å². The third kappa shape index (κ3) is 3.83. The number of carbonyl (C=O) groups is 1. The lowest BCUT2D eigenvalue weighted by molar-refractivity contribution is -0.130. The van der Waals surface area contributed by atoms with Gasteiger partial charge in [0.2, 0.25) is 0 Å². The van der Waals surface area contributed by atoms with Crippen LogP contribution < -0.4 is 0 Å². The minimum atomic E-state index is -0.929. The summed E-state index contributed by atoms with van der Waals surface area (Å²) in [5.74, 6) is -0.929. The Kier molecular flexibility index (Phi) is 5.14. The van der Waals surface area contributed by atoms with Crippen LogP contribution in [0, 0.1) is 0 Å². The van der Waals surface area contributed by atoms with Crippen molar-refractivity contribution in [2.75, 3.05) is 0 Å². The van der Waals surface area contributed by atoms with Crippen LogP contribution in [0.5, 0.6) is 0 Å². The van der Waals surface area contributed by atoms with Gasteiger partial charge >= 0.3 is 5.97 Å². The maximum Gasteiger partial charge on any atom is 0.336 e. The van der Waals surface area contributed by atoms with Crippen LogP contribution >= 0.6 is 15.9 Å². The van der Waals surface area contributed by atoms with Gasteiger partial charge in [0.25, 0.3) is 0 Å². The van der Waals surface area contributed by atoms with Gasteiger partial charge in [0.1, 0.15) is 0 Å². The molecule has 2 nitrogen and oxygen atoms in total. The lowest BCUT2D eigenvalue weighted by atomic mass is 9.63. The number of rotatable bonds is 3. The highest BCUT2D eigenvalue weighted by molar-refractivity contribution is 9.10. The van der Waals surface area contributed by atoms with Gasteiger partial charge in [-0.25, -0.2) is 4.79 Å². The SMILES string of the molecule is CC1(C)CCC(C)(C)c2cc3cc(C=C(C(=O)O)c4cccc(Br)c4)ccc3cc21. The Hall–Kier alpha value is -2.39. The molecule has 0 atom stereocenters. The molecule has 0 aliphatic heterocycles. The molecule has 1 aliphatic rings. The molecule has 0 saturated heterocycles. The summed E-state index contributed by atoms with van der Waals surface area (Å²) in [5.41, 5.74) is 5.04. The third-order valence-electron chi connectivity index (χ3n) is 6.51. The van der Waals surface area contributed by atoms with Crippen LogP contribution in [0.1, 0.15) is 62.8 Å². The summed E-state index contributed by atoms with van der Waals surface area (Å²) in [6.07, 6.45) is 4.12. The molecule has 4 rings (SSSR count). The molecule has 0 bridgehead atoms. The molecule has 154 valence electrons. The number of hydrogen-bond donors (Lipinski definition) is 1. The van der Waals surface area contributed by atoms with E-state index >= 15 is 0 Å². The highest BCUT2D eigenvalue weighted by atomic mass is 79.9. The molecule has 0 saturated carbocycles. The molecule has 1 aliphatic carbocycles. The average molecular weight is 463 g/mol. The second-order valence-corrected chi connectivity index (χ2v) is 10.6. The fourth-order valence-electron chi connectivity index (χ4n) is 4.51. The van der Waals surface area contributed by atoms with Gasteiger partial charge in [0.05, 0.1) is 5.57 Å². The minimum absolute atomic E-state index is 0.146. The predicted octanol–water partition coefficient (Wildman–Crippen LogP) is 7.58. The van der Waals surface area contributed by atoms with Crippen molar-refractivity contribution >= 4 is 44.3 Å². The highest BCUT2D eigenvalue weighted by Crippen LogP contribution is 2.47. The zero-order valence-electron chi connectivity index (χ0n) is 17.9. The maximum atomic E-state index is 11.9. The molecule has 0 heterocycles. The first-order valence-electron chi connectivity index (χ1n) is 10.4. The summed E-state index contributed by atoms with van der Waals surface area (Å²) in [7, 11) is 0. The largest absolute Gasteiger partial charge is 0.478 e. The molecule has 0 spiro atoms. The number of carboxylic acid groups (broad SMARTS) is 1. The zero-order valence-corrected chi connectivity index (χ0v) is 19.5. The topological polar surface area (TPSA) is 37.3 Å². The first kappa shape index (κ1) is 20.9. The van der Waals surface area contributed by atoms with E-state index < -0.39 is 5.97 Å². The van der Waals surface area contributed by atoms with Gasteiger partial charge in [-0.2, -0.15) is 0 Å². The van der Waals surface area contributed by atoms with Crippen LogP contribution in [0.25, 0.3) is 22.4 Å². The average Bonchev–Trinajstić information content (AvgIpc) is 2.68. The second kappa shape index (κ2) is 7.39. The van der Waals surface area contributed by atoms with Crippen LogP contribution in [0.15, 0.2) is 59.1 Å². The normalized spacial score (nSPS) is 17.6. The van der Waals surface area contributed by atoms with E-state index in [9.17, 15) is 9.90 Å². The molecule has 0 fully saturated rings. The molecular weight excluding hydrogens is 436 g/mol. The van der Waals surface area contributed by atoms with Crippen LogP contribution in [-0.2, 0) is 15.6 Å². The smallest absolute Gasteiger partial charge is 0.336 e. The summed E-state index contributed by atoms with van der Waals surface area (Å²) < 4.78 is 0.863. The zero-order chi connectivity index (χ0) is 21.7. The van der Waals surface area contributed by atoms with Crippen molar-refractivity contribution in [3.05, 3.63) is 81.3 Å². The van der Waals surface area contributed by atoms with Crippen LogP contribution in [0.4, 0.5) is 0 Å². The molecule has 30 heavy (non-hydrogen) atoms. The fourth-order valence-corrected chi connectivity index (χ4v) is 4.91. The first-order valence-corrected chi connectivity index (χ1v) is 11.2. The Labute approximate surface area is 186 Å². The summed E-state index contributed by atoms with van der Waals surface area (Å²) in [5, 5.41) is 12.2. The van der Waals surface area contributed by atoms with Crippen LogP contribution in [-0.4, -0.2) is 11.1 Å². The first-order chi connectivity index (χ1) is 14.1. The monoisotopic (exact) mass is 462 g/mol. The second-order valence-electron chi connectivity index (χ2n) is 9.65. The Morgan fingerprint density at radius 1 is 0.900 bits per heavy atom. The van der Waals surface area contributed by atoms with Gasteiger partial charge in [-0.3, -0.25) is 0 Å². The van der Waals surface area contributed by atoms with Crippen molar-refractivity contribution in [1.29, 1.82) is 0 Å². The van der Waals surface area contributed by atoms with Gasteiger partial charge < -0.3 is 5.11 Å². The van der Waals surface area contributed by atoms with Crippen molar-refractivity contribution < 1.29 is 9.90 Å².